The molecule has 1 atom stereocenters. The predicted molar refractivity (Wildman–Crippen MR) is 66.4 cm³/mol. The number of nitrogens with two attached hydrogens (primary N) is 1. The van der Waals surface area contributed by atoms with Gasteiger partial charge < -0.3 is 10.8 Å². The Morgan fingerprint density at radius 3 is 2.53 bits per heavy atom. The van der Waals surface area contributed by atoms with Crippen LogP contribution < -0.4 is 5.73 Å². The number of hydrogen-bond donors (Lipinski definition) is 2. The third-order valence-corrected chi connectivity index (χ3v) is 2.38. The van der Waals surface area contributed by atoms with Crippen molar-refractivity contribution < 1.29 is 9.50 Å². The number of halogens is 2. The standard InChI is InChI=1S/C12H11FN2O.ClH/c13-10-4-2-1-3-8(10)12(16)9-7-15-6-5-11(9)14;/h1-7,12,16H,(H2,14,15);1H. The van der Waals surface area contributed by atoms with Crippen molar-refractivity contribution in [2.45, 2.75) is 6.10 Å². The van der Waals surface area contributed by atoms with Crippen LogP contribution in [0.5, 0.6) is 0 Å². The quantitative estimate of drug-likeness (QED) is 0.865. The Balaban J connectivity index is 0.00000144. The smallest absolute Gasteiger partial charge is 0.129 e. The van der Waals surface area contributed by atoms with Crippen LogP contribution in [-0.2, 0) is 0 Å². The van der Waals surface area contributed by atoms with E-state index in [1.807, 2.05) is 0 Å². The second-order valence-electron chi connectivity index (χ2n) is 3.43. The number of hydrogen-bond acceptors (Lipinski definition) is 3. The van der Waals surface area contributed by atoms with Gasteiger partial charge in [-0.05, 0) is 12.1 Å². The molecule has 0 bridgehead atoms. The first-order valence-corrected chi connectivity index (χ1v) is 4.82. The highest BCUT2D eigenvalue weighted by molar-refractivity contribution is 5.85. The lowest BCUT2D eigenvalue weighted by Crippen LogP contribution is -2.06. The average molecular weight is 255 g/mol. The van der Waals surface area contributed by atoms with Gasteiger partial charge in [0.15, 0.2) is 0 Å². The van der Waals surface area contributed by atoms with Crippen molar-refractivity contribution in [2.75, 3.05) is 5.73 Å². The molecule has 0 spiro atoms. The molecule has 2 rings (SSSR count). The zero-order chi connectivity index (χ0) is 11.5. The third-order valence-electron chi connectivity index (χ3n) is 2.38. The van der Waals surface area contributed by atoms with E-state index in [1.165, 1.54) is 24.5 Å². The minimum Gasteiger partial charge on any atom is -0.398 e. The van der Waals surface area contributed by atoms with E-state index in [2.05, 4.69) is 4.98 Å². The van der Waals surface area contributed by atoms with Crippen molar-refractivity contribution >= 4 is 18.1 Å². The Bertz CT molecular complexity index is 462. The number of benzene rings is 1. The molecule has 0 aliphatic heterocycles. The van der Waals surface area contributed by atoms with Crippen molar-refractivity contribution in [3.05, 3.63) is 59.7 Å². The van der Waals surface area contributed by atoms with Gasteiger partial charge >= 0.3 is 0 Å². The van der Waals surface area contributed by atoms with E-state index in [0.717, 1.165) is 0 Å². The summed E-state index contributed by atoms with van der Waals surface area (Å²) in [4.78, 5) is 3.86. The van der Waals surface area contributed by atoms with Crippen molar-refractivity contribution in [3.8, 4) is 0 Å². The summed E-state index contributed by atoms with van der Waals surface area (Å²) in [6, 6.07) is 7.61. The molecule has 0 fully saturated rings. The molecule has 3 nitrogen and oxygen atoms in total. The van der Waals surface area contributed by atoms with E-state index in [0.29, 0.717) is 11.3 Å². The number of aromatic nitrogens is 1. The number of aliphatic hydroxyl groups is 1. The summed E-state index contributed by atoms with van der Waals surface area (Å²) in [7, 11) is 0. The largest absolute Gasteiger partial charge is 0.398 e. The van der Waals surface area contributed by atoms with Crippen molar-refractivity contribution in [3.63, 3.8) is 0 Å². The molecule has 0 saturated carbocycles. The molecule has 1 unspecified atom stereocenters. The van der Waals surface area contributed by atoms with Crippen LogP contribution in [0.4, 0.5) is 10.1 Å². The van der Waals surface area contributed by atoms with E-state index in [-0.39, 0.29) is 18.0 Å². The van der Waals surface area contributed by atoms with Gasteiger partial charge in [-0.25, -0.2) is 4.39 Å². The van der Waals surface area contributed by atoms with Crippen LogP contribution in [0.1, 0.15) is 17.2 Å². The topological polar surface area (TPSA) is 59.1 Å². The first kappa shape index (κ1) is 13.4. The summed E-state index contributed by atoms with van der Waals surface area (Å²) in [5.74, 6) is -0.460. The fraction of sp³-hybridized carbons (Fsp3) is 0.0833. The molecule has 5 heteroatoms. The summed E-state index contributed by atoms with van der Waals surface area (Å²) >= 11 is 0. The van der Waals surface area contributed by atoms with Crippen molar-refractivity contribution in [1.29, 1.82) is 0 Å². The van der Waals surface area contributed by atoms with Gasteiger partial charge in [0.05, 0.1) is 0 Å². The Morgan fingerprint density at radius 2 is 1.88 bits per heavy atom. The van der Waals surface area contributed by atoms with Gasteiger partial charge in [-0.2, -0.15) is 0 Å². The molecule has 1 heterocycles. The first-order chi connectivity index (χ1) is 7.70. The van der Waals surface area contributed by atoms with Gasteiger partial charge in [-0.1, -0.05) is 18.2 Å². The Labute approximate surface area is 105 Å². The predicted octanol–water partition coefficient (Wildman–Crippen LogP) is 2.31. The summed E-state index contributed by atoms with van der Waals surface area (Å²) in [5, 5.41) is 9.99. The van der Waals surface area contributed by atoms with Crippen LogP contribution in [0.15, 0.2) is 42.7 Å². The maximum absolute atomic E-state index is 13.4. The van der Waals surface area contributed by atoms with E-state index >= 15 is 0 Å². The lowest BCUT2D eigenvalue weighted by atomic mass is 10.0. The monoisotopic (exact) mass is 254 g/mol. The maximum Gasteiger partial charge on any atom is 0.129 e. The molecule has 0 aliphatic rings. The lowest BCUT2D eigenvalue weighted by molar-refractivity contribution is 0.215. The van der Waals surface area contributed by atoms with Crippen LogP contribution in [0.2, 0.25) is 0 Å². The molecule has 1 aromatic heterocycles. The summed E-state index contributed by atoms with van der Waals surface area (Å²) < 4.78 is 13.4. The molecular formula is C12H12ClFN2O. The number of rotatable bonds is 2. The minimum atomic E-state index is -1.09. The fourth-order valence-corrected chi connectivity index (χ4v) is 1.51. The molecule has 3 N–H and O–H groups in total. The molecule has 0 saturated heterocycles. The Kier molecular flexibility index (Phi) is 4.43. The van der Waals surface area contributed by atoms with Gasteiger partial charge in [0, 0.05) is 29.2 Å². The number of anilines is 1. The molecule has 2 aromatic rings. The molecular weight excluding hydrogens is 243 g/mol. The van der Waals surface area contributed by atoms with E-state index in [4.69, 9.17) is 5.73 Å². The summed E-state index contributed by atoms with van der Waals surface area (Å²) in [6.45, 7) is 0. The summed E-state index contributed by atoms with van der Waals surface area (Å²) in [5.41, 5.74) is 6.69. The normalized spacial score (nSPS) is 11.6. The van der Waals surface area contributed by atoms with E-state index in [1.54, 1.807) is 18.2 Å². The van der Waals surface area contributed by atoms with Crippen molar-refractivity contribution in [2.24, 2.45) is 0 Å². The molecule has 0 amide bonds. The maximum atomic E-state index is 13.4. The van der Waals surface area contributed by atoms with Crippen LogP contribution in [-0.4, -0.2) is 10.1 Å². The highest BCUT2D eigenvalue weighted by atomic mass is 35.5. The average Bonchev–Trinajstić information content (AvgIpc) is 2.29. The number of pyridine rings is 1. The first-order valence-electron chi connectivity index (χ1n) is 4.82. The van der Waals surface area contributed by atoms with Crippen LogP contribution >= 0.6 is 12.4 Å². The Morgan fingerprint density at radius 1 is 1.18 bits per heavy atom. The fourth-order valence-electron chi connectivity index (χ4n) is 1.51. The van der Waals surface area contributed by atoms with Crippen LogP contribution in [0.25, 0.3) is 0 Å². The molecule has 90 valence electrons. The number of nitrogens with zero attached hydrogens (tertiary/aromatic N) is 1. The van der Waals surface area contributed by atoms with Crippen LogP contribution in [0, 0.1) is 5.82 Å². The van der Waals surface area contributed by atoms with Gasteiger partial charge in [-0.3, -0.25) is 4.98 Å². The van der Waals surface area contributed by atoms with E-state index in [9.17, 15) is 9.50 Å². The van der Waals surface area contributed by atoms with Gasteiger partial charge in [0.2, 0.25) is 0 Å². The number of nitrogen functional groups attached to an aromatic ring is 1. The molecule has 0 radical (unpaired) electrons. The van der Waals surface area contributed by atoms with Gasteiger partial charge in [0.25, 0.3) is 0 Å². The van der Waals surface area contributed by atoms with Gasteiger partial charge in [0.1, 0.15) is 11.9 Å². The van der Waals surface area contributed by atoms with Gasteiger partial charge in [-0.15, -0.1) is 12.4 Å². The minimum absolute atomic E-state index is 0. The van der Waals surface area contributed by atoms with Crippen LogP contribution in [0.3, 0.4) is 0 Å². The third kappa shape index (κ3) is 2.72. The van der Waals surface area contributed by atoms with Crippen molar-refractivity contribution in [1.82, 2.24) is 4.98 Å². The SMILES string of the molecule is Cl.Nc1ccncc1C(O)c1ccccc1F. The molecule has 0 aliphatic carbocycles. The second-order valence-corrected chi connectivity index (χ2v) is 3.43. The zero-order valence-corrected chi connectivity index (χ0v) is 9.69. The van der Waals surface area contributed by atoms with E-state index < -0.39 is 11.9 Å². The Hall–Kier alpha value is -1.65. The molecule has 1 aromatic carbocycles. The molecule has 17 heavy (non-hydrogen) atoms. The lowest BCUT2D eigenvalue weighted by Gasteiger charge is -2.13. The highest BCUT2D eigenvalue weighted by Crippen LogP contribution is 2.27. The zero-order valence-electron chi connectivity index (χ0n) is 8.88. The number of aliphatic hydroxyl groups excluding tert-OH is 1. The highest BCUT2D eigenvalue weighted by Gasteiger charge is 2.16. The summed E-state index contributed by atoms with van der Waals surface area (Å²) in [6.07, 6.45) is 1.87. The second kappa shape index (κ2) is 5.61.